The molecule has 0 fully saturated rings. The number of nitrogens with two attached hydrogens (primary N) is 1. The second-order valence-corrected chi connectivity index (χ2v) is 8.76. The first-order valence-corrected chi connectivity index (χ1v) is 11.1. The number of fused-ring (bicyclic) bond motifs is 1. The Morgan fingerprint density at radius 2 is 1.94 bits per heavy atom. The fourth-order valence-electron chi connectivity index (χ4n) is 4.25. The third-order valence-corrected chi connectivity index (χ3v) is 6.10. The van der Waals surface area contributed by atoms with E-state index in [0.29, 0.717) is 17.4 Å². The van der Waals surface area contributed by atoms with E-state index in [1.807, 2.05) is 25.2 Å². The Morgan fingerprint density at radius 1 is 1.15 bits per heavy atom. The molecule has 174 valence electrons. The fraction of sp³-hybridized carbons (Fsp3) is 0.360. The second-order valence-electron chi connectivity index (χ2n) is 8.76. The summed E-state index contributed by atoms with van der Waals surface area (Å²) in [6.45, 7) is 2.67. The van der Waals surface area contributed by atoms with Crippen molar-refractivity contribution in [2.24, 2.45) is 0 Å². The molecule has 0 saturated heterocycles. The van der Waals surface area contributed by atoms with Crippen molar-refractivity contribution < 1.29 is 4.74 Å². The molecule has 8 nitrogen and oxygen atoms in total. The zero-order valence-electron chi connectivity index (χ0n) is 20.0. The summed E-state index contributed by atoms with van der Waals surface area (Å²) in [4.78, 5) is 15.8. The highest BCUT2D eigenvalue weighted by atomic mass is 16.5. The number of hydrogen-bond donors (Lipinski definition) is 2. The summed E-state index contributed by atoms with van der Waals surface area (Å²) < 4.78 is 5.66. The van der Waals surface area contributed by atoms with E-state index in [9.17, 15) is 0 Å². The molecule has 0 bridgehead atoms. The van der Waals surface area contributed by atoms with Crippen molar-refractivity contribution in [2.45, 2.75) is 5.92 Å². The molecule has 4 rings (SSSR count). The highest BCUT2D eigenvalue weighted by Crippen LogP contribution is 2.39. The van der Waals surface area contributed by atoms with Crippen molar-refractivity contribution in [3.8, 4) is 5.75 Å². The smallest absolute Gasteiger partial charge is 0.227 e. The highest BCUT2D eigenvalue weighted by Gasteiger charge is 2.28. The van der Waals surface area contributed by atoms with Crippen LogP contribution in [0.25, 0.3) is 0 Å². The molecular formula is C25H33N7O. The molecule has 33 heavy (non-hydrogen) atoms. The number of ether oxygens (including phenoxy) is 1. The van der Waals surface area contributed by atoms with E-state index < -0.39 is 0 Å². The average molecular weight is 448 g/mol. The summed E-state index contributed by atoms with van der Waals surface area (Å²) in [7, 11) is 9.92. The van der Waals surface area contributed by atoms with Crippen LogP contribution in [0, 0.1) is 0 Å². The van der Waals surface area contributed by atoms with Crippen LogP contribution in [0.1, 0.15) is 17.2 Å². The van der Waals surface area contributed by atoms with Crippen molar-refractivity contribution >= 4 is 28.7 Å². The Kier molecular flexibility index (Phi) is 6.55. The lowest BCUT2D eigenvalue weighted by molar-refractivity contribution is 0.413. The molecule has 0 aliphatic carbocycles. The van der Waals surface area contributed by atoms with Gasteiger partial charge in [-0.05, 0) is 37.9 Å². The van der Waals surface area contributed by atoms with Gasteiger partial charge in [-0.25, -0.2) is 9.97 Å². The first-order chi connectivity index (χ1) is 15.9. The third kappa shape index (κ3) is 4.80. The lowest BCUT2D eigenvalue weighted by atomic mass is 9.98. The number of hydrogen-bond acceptors (Lipinski definition) is 8. The number of nitrogens with zero attached hydrogens (tertiary/aromatic N) is 5. The molecule has 1 aliphatic heterocycles. The van der Waals surface area contributed by atoms with Gasteiger partial charge in [-0.15, -0.1) is 0 Å². The van der Waals surface area contributed by atoms with E-state index in [1.54, 1.807) is 13.3 Å². The Balaban J connectivity index is 1.58. The lowest BCUT2D eigenvalue weighted by Gasteiger charge is -2.24. The summed E-state index contributed by atoms with van der Waals surface area (Å²) in [6, 6.07) is 14.3. The summed E-state index contributed by atoms with van der Waals surface area (Å²) in [6.07, 6.45) is 1.80. The van der Waals surface area contributed by atoms with Crippen molar-refractivity contribution in [3.63, 3.8) is 0 Å². The van der Waals surface area contributed by atoms with Gasteiger partial charge >= 0.3 is 0 Å². The summed E-state index contributed by atoms with van der Waals surface area (Å²) in [5.74, 6) is 1.41. The molecule has 1 unspecified atom stereocenters. The van der Waals surface area contributed by atoms with Crippen LogP contribution in [0.4, 0.5) is 28.7 Å². The van der Waals surface area contributed by atoms with Gasteiger partial charge < -0.3 is 30.5 Å². The van der Waals surface area contributed by atoms with Crippen LogP contribution < -0.4 is 25.6 Å². The van der Waals surface area contributed by atoms with E-state index >= 15 is 0 Å². The van der Waals surface area contributed by atoms with Crippen molar-refractivity contribution in [2.75, 3.05) is 75.8 Å². The normalized spacial score (nSPS) is 15.0. The molecule has 1 aromatic heterocycles. The van der Waals surface area contributed by atoms with Crippen LogP contribution in [0.5, 0.6) is 5.75 Å². The van der Waals surface area contributed by atoms with Gasteiger partial charge in [0.25, 0.3) is 0 Å². The van der Waals surface area contributed by atoms with E-state index in [2.05, 4.69) is 70.4 Å². The molecule has 2 aromatic carbocycles. The molecule has 1 atom stereocenters. The van der Waals surface area contributed by atoms with Gasteiger partial charge in [0.2, 0.25) is 5.95 Å². The predicted molar refractivity (Wildman–Crippen MR) is 136 cm³/mol. The lowest BCUT2D eigenvalue weighted by Crippen LogP contribution is -2.29. The summed E-state index contributed by atoms with van der Waals surface area (Å²) >= 11 is 0. The number of aromatic nitrogens is 2. The predicted octanol–water partition coefficient (Wildman–Crippen LogP) is 3.39. The van der Waals surface area contributed by atoms with Gasteiger partial charge in [0.15, 0.2) is 0 Å². The number of likely N-dealkylation sites (N-methyl/N-ethyl adjacent to an activating group) is 3. The standard InChI is InChI=1S/C25H33N7O/c1-30(2)12-13-31(3)23-15-24(33-5)21(14-19(23)26)29-25-27-11-10-20(28-25)18-16-32(4)22-9-7-6-8-17(18)22/h6-11,14-15,18H,12-13,16,26H2,1-5H3,(H,27,28,29). The van der Waals surface area contributed by atoms with Crippen LogP contribution in [-0.2, 0) is 0 Å². The molecule has 3 N–H and O–H groups in total. The SMILES string of the molecule is COc1cc(N(C)CCN(C)C)c(N)cc1Nc1nccc(C2CN(C)c3ccccc32)n1. The van der Waals surface area contributed by atoms with Gasteiger partial charge in [0.1, 0.15) is 5.75 Å². The highest BCUT2D eigenvalue weighted by molar-refractivity contribution is 5.79. The first-order valence-electron chi connectivity index (χ1n) is 11.1. The number of nitrogens with one attached hydrogen (secondary N) is 1. The van der Waals surface area contributed by atoms with E-state index in [1.165, 1.54) is 11.3 Å². The quantitative estimate of drug-likeness (QED) is 0.509. The molecule has 1 aliphatic rings. The molecule has 3 aromatic rings. The van der Waals surface area contributed by atoms with Crippen molar-refractivity contribution in [1.82, 2.24) is 14.9 Å². The largest absolute Gasteiger partial charge is 0.494 e. The van der Waals surface area contributed by atoms with Gasteiger partial charge in [0.05, 0.1) is 29.9 Å². The minimum atomic E-state index is 0.203. The molecule has 0 radical (unpaired) electrons. The zero-order valence-corrected chi connectivity index (χ0v) is 20.0. The van der Waals surface area contributed by atoms with E-state index in [0.717, 1.165) is 36.7 Å². The van der Waals surface area contributed by atoms with Crippen LogP contribution in [0.15, 0.2) is 48.7 Å². The molecule has 0 spiro atoms. The Bertz CT molecular complexity index is 1120. The fourth-order valence-corrected chi connectivity index (χ4v) is 4.25. The minimum Gasteiger partial charge on any atom is -0.494 e. The molecule has 0 saturated carbocycles. The molecule has 0 amide bonds. The number of nitrogen functional groups attached to an aromatic ring is 1. The summed E-state index contributed by atoms with van der Waals surface area (Å²) in [5, 5.41) is 3.31. The van der Waals surface area contributed by atoms with Gasteiger partial charge in [-0.3, -0.25) is 0 Å². The third-order valence-electron chi connectivity index (χ3n) is 6.10. The van der Waals surface area contributed by atoms with Crippen molar-refractivity contribution in [3.05, 3.63) is 59.9 Å². The second kappa shape index (κ2) is 9.54. The Labute approximate surface area is 196 Å². The van der Waals surface area contributed by atoms with Crippen molar-refractivity contribution in [1.29, 1.82) is 0 Å². The van der Waals surface area contributed by atoms with Crippen LogP contribution >= 0.6 is 0 Å². The van der Waals surface area contributed by atoms with E-state index in [-0.39, 0.29) is 5.92 Å². The number of para-hydroxylation sites is 1. The van der Waals surface area contributed by atoms with Gasteiger partial charge in [-0.1, -0.05) is 18.2 Å². The monoisotopic (exact) mass is 447 g/mol. The Morgan fingerprint density at radius 3 is 2.70 bits per heavy atom. The maximum Gasteiger partial charge on any atom is 0.227 e. The van der Waals surface area contributed by atoms with Crippen LogP contribution in [-0.4, -0.2) is 69.8 Å². The van der Waals surface area contributed by atoms with Crippen LogP contribution in [0.3, 0.4) is 0 Å². The topological polar surface area (TPSA) is 82.8 Å². The van der Waals surface area contributed by atoms with Crippen LogP contribution in [0.2, 0.25) is 0 Å². The minimum absolute atomic E-state index is 0.203. The van der Waals surface area contributed by atoms with Gasteiger partial charge in [0, 0.05) is 57.6 Å². The molecule has 2 heterocycles. The Hall–Kier alpha value is -3.52. The molecule has 8 heteroatoms. The number of anilines is 5. The summed E-state index contributed by atoms with van der Waals surface area (Å²) in [5.41, 5.74) is 12.3. The maximum atomic E-state index is 6.41. The number of rotatable bonds is 8. The average Bonchev–Trinajstić information content (AvgIpc) is 3.14. The first kappa shape index (κ1) is 22.7. The number of benzene rings is 2. The zero-order chi connectivity index (χ0) is 23.5. The molecular weight excluding hydrogens is 414 g/mol. The maximum absolute atomic E-state index is 6.41. The van der Waals surface area contributed by atoms with E-state index in [4.69, 9.17) is 15.5 Å². The number of methoxy groups -OCH3 is 1. The van der Waals surface area contributed by atoms with Gasteiger partial charge in [-0.2, -0.15) is 0 Å².